The number of benzene rings is 1. The number of primary amides is 1. The van der Waals surface area contributed by atoms with Crippen LogP contribution in [0.15, 0.2) is 65.4 Å². The standard InChI is InChI=1S/C32H37N7O2/c1-21-36-32(38-41-21)27-11-12-30(35-19-27)39-15-5-6-22(20-39)16-25-7-2-3-10-28(25)37-29-18-24(13-14-34-29)23-8-4-9-26(17-23)31(33)40/h4,8-9,11-14,17-19,22,25,28H,2-3,5-7,10,15-16,20H2,1H3,(H2,33,40)(H,34,37)/t22-,25+,28-/m1/s1. The van der Waals surface area contributed by atoms with Gasteiger partial charge in [-0.1, -0.05) is 30.1 Å². The number of pyridine rings is 2. The Morgan fingerprint density at radius 1 is 1.02 bits per heavy atom. The Labute approximate surface area is 240 Å². The third-order valence-corrected chi connectivity index (χ3v) is 8.50. The van der Waals surface area contributed by atoms with Gasteiger partial charge < -0.3 is 20.5 Å². The molecule has 2 fully saturated rings. The van der Waals surface area contributed by atoms with Gasteiger partial charge in [-0.25, -0.2) is 9.97 Å². The highest BCUT2D eigenvalue weighted by molar-refractivity contribution is 5.94. The van der Waals surface area contributed by atoms with Gasteiger partial charge in [0, 0.05) is 49.6 Å². The van der Waals surface area contributed by atoms with Gasteiger partial charge in [0.15, 0.2) is 0 Å². The largest absolute Gasteiger partial charge is 0.367 e. The Kier molecular flexibility index (Phi) is 7.93. The zero-order valence-corrected chi connectivity index (χ0v) is 23.5. The Morgan fingerprint density at radius 2 is 1.90 bits per heavy atom. The zero-order valence-electron chi connectivity index (χ0n) is 23.5. The molecule has 2 aliphatic rings. The maximum atomic E-state index is 11.7. The van der Waals surface area contributed by atoms with Crippen molar-refractivity contribution in [2.24, 2.45) is 17.6 Å². The SMILES string of the molecule is Cc1nc(-c2ccc(N3CCC[C@H](C[C@@H]4CCCC[C@H]4Nc4cc(-c5cccc(C(N)=O)c5)ccn4)C3)nc2)no1. The van der Waals surface area contributed by atoms with Crippen molar-refractivity contribution >= 4 is 17.5 Å². The molecule has 0 radical (unpaired) electrons. The van der Waals surface area contributed by atoms with Gasteiger partial charge in [0.25, 0.3) is 0 Å². The van der Waals surface area contributed by atoms with E-state index in [9.17, 15) is 4.79 Å². The fraction of sp³-hybridized carbons (Fsp3) is 0.406. The molecular formula is C32H37N7O2. The quantitative estimate of drug-likeness (QED) is 0.278. The normalized spacial score (nSPS) is 21.0. The van der Waals surface area contributed by atoms with Gasteiger partial charge in [-0.2, -0.15) is 4.98 Å². The predicted octanol–water partition coefficient (Wildman–Crippen LogP) is 5.88. The van der Waals surface area contributed by atoms with Crippen LogP contribution in [0.25, 0.3) is 22.5 Å². The number of hydrogen-bond acceptors (Lipinski definition) is 8. The first-order chi connectivity index (χ1) is 20.0. The number of anilines is 2. The first-order valence-corrected chi connectivity index (χ1v) is 14.7. The van der Waals surface area contributed by atoms with Gasteiger partial charge in [-0.3, -0.25) is 4.79 Å². The highest BCUT2D eigenvalue weighted by Crippen LogP contribution is 2.35. The van der Waals surface area contributed by atoms with Crippen molar-refractivity contribution in [3.63, 3.8) is 0 Å². The van der Waals surface area contributed by atoms with Crippen LogP contribution in [0.2, 0.25) is 0 Å². The molecule has 3 N–H and O–H groups in total. The fourth-order valence-electron chi connectivity index (χ4n) is 6.43. The summed E-state index contributed by atoms with van der Waals surface area (Å²) in [7, 11) is 0. The summed E-state index contributed by atoms with van der Waals surface area (Å²) in [5, 5.41) is 7.79. The van der Waals surface area contributed by atoms with Crippen LogP contribution >= 0.6 is 0 Å². The number of nitrogens with two attached hydrogens (primary N) is 1. The molecule has 9 nitrogen and oxygen atoms in total. The van der Waals surface area contributed by atoms with E-state index in [1.54, 1.807) is 13.0 Å². The van der Waals surface area contributed by atoms with E-state index < -0.39 is 5.91 Å². The summed E-state index contributed by atoms with van der Waals surface area (Å²) in [6.45, 7) is 3.85. The number of rotatable bonds is 8. The first kappa shape index (κ1) is 26.9. The molecule has 1 amide bonds. The second-order valence-electron chi connectivity index (χ2n) is 11.4. The number of aryl methyl sites for hydroxylation is 1. The number of carbonyl (C=O) groups is 1. The first-order valence-electron chi connectivity index (χ1n) is 14.7. The molecule has 0 unspecified atom stereocenters. The topological polar surface area (TPSA) is 123 Å². The van der Waals surface area contributed by atoms with Crippen LogP contribution in [0.4, 0.5) is 11.6 Å². The number of nitrogens with one attached hydrogen (secondary N) is 1. The van der Waals surface area contributed by atoms with Crippen molar-refractivity contribution < 1.29 is 9.32 Å². The number of aromatic nitrogens is 4. The highest BCUT2D eigenvalue weighted by atomic mass is 16.5. The lowest BCUT2D eigenvalue weighted by Crippen LogP contribution is -2.39. The minimum Gasteiger partial charge on any atom is -0.367 e. The molecule has 3 aromatic heterocycles. The minimum atomic E-state index is -0.419. The summed E-state index contributed by atoms with van der Waals surface area (Å²) in [6.07, 6.45) is 12.2. The monoisotopic (exact) mass is 551 g/mol. The van der Waals surface area contributed by atoms with E-state index in [1.807, 2.05) is 42.7 Å². The van der Waals surface area contributed by atoms with Gasteiger partial charge in [0.2, 0.25) is 17.6 Å². The summed E-state index contributed by atoms with van der Waals surface area (Å²) in [5.41, 5.74) is 8.86. The van der Waals surface area contributed by atoms with E-state index in [2.05, 4.69) is 37.5 Å². The molecule has 0 spiro atoms. The average molecular weight is 552 g/mol. The lowest BCUT2D eigenvalue weighted by Gasteiger charge is -2.39. The predicted molar refractivity (Wildman–Crippen MR) is 159 cm³/mol. The number of carbonyl (C=O) groups excluding carboxylic acids is 1. The van der Waals surface area contributed by atoms with Crippen molar-refractivity contribution in [3.05, 3.63) is 72.4 Å². The van der Waals surface area contributed by atoms with Crippen LogP contribution in [0.3, 0.4) is 0 Å². The van der Waals surface area contributed by atoms with Crippen LogP contribution in [-0.2, 0) is 0 Å². The van der Waals surface area contributed by atoms with Crippen LogP contribution in [0.5, 0.6) is 0 Å². The number of amides is 1. The summed E-state index contributed by atoms with van der Waals surface area (Å²) in [5.74, 6) is 3.85. The molecule has 1 aliphatic carbocycles. The molecule has 1 saturated carbocycles. The van der Waals surface area contributed by atoms with Crippen molar-refractivity contribution in [3.8, 4) is 22.5 Å². The van der Waals surface area contributed by atoms with E-state index in [0.29, 0.717) is 35.2 Å². The maximum Gasteiger partial charge on any atom is 0.248 e. The molecule has 4 heterocycles. The number of nitrogens with zero attached hydrogens (tertiary/aromatic N) is 5. The molecule has 4 aromatic rings. The van der Waals surface area contributed by atoms with Gasteiger partial charge in [0.05, 0.1) is 0 Å². The van der Waals surface area contributed by atoms with Gasteiger partial charge in [-0.15, -0.1) is 0 Å². The summed E-state index contributed by atoms with van der Waals surface area (Å²) < 4.78 is 5.11. The van der Waals surface area contributed by atoms with E-state index in [4.69, 9.17) is 15.2 Å². The lowest BCUT2D eigenvalue weighted by atomic mass is 9.77. The highest BCUT2D eigenvalue weighted by Gasteiger charge is 2.30. The Hall–Kier alpha value is -4.27. The molecule has 6 rings (SSSR count). The summed E-state index contributed by atoms with van der Waals surface area (Å²) >= 11 is 0. The summed E-state index contributed by atoms with van der Waals surface area (Å²) in [4.78, 5) is 27.8. The van der Waals surface area contributed by atoms with E-state index in [0.717, 1.165) is 47.8 Å². The molecule has 3 atom stereocenters. The number of hydrogen-bond donors (Lipinski definition) is 2. The van der Waals surface area contributed by atoms with E-state index in [-0.39, 0.29) is 0 Å². The second kappa shape index (κ2) is 12.1. The zero-order chi connectivity index (χ0) is 28.2. The molecular weight excluding hydrogens is 514 g/mol. The van der Waals surface area contributed by atoms with E-state index in [1.165, 1.54) is 38.5 Å². The molecule has 0 bridgehead atoms. The van der Waals surface area contributed by atoms with Crippen molar-refractivity contribution in [1.82, 2.24) is 20.1 Å². The molecule has 1 aromatic carbocycles. The lowest BCUT2D eigenvalue weighted by molar-refractivity contribution is 0.100. The van der Waals surface area contributed by atoms with Crippen LogP contribution < -0.4 is 16.0 Å². The number of piperidine rings is 1. The maximum absolute atomic E-state index is 11.7. The molecule has 41 heavy (non-hydrogen) atoms. The van der Waals surface area contributed by atoms with Crippen LogP contribution in [-0.4, -0.2) is 45.1 Å². The third-order valence-electron chi connectivity index (χ3n) is 8.50. The van der Waals surface area contributed by atoms with Crippen LogP contribution in [0.1, 0.15) is 61.2 Å². The van der Waals surface area contributed by atoms with Gasteiger partial charge in [-0.05, 0) is 91.5 Å². The van der Waals surface area contributed by atoms with E-state index >= 15 is 0 Å². The average Bonchev–Trinajstić information content (AvgIpc) is 3.45. The van der Waals surface area contributed by atoms with Crippen molar-refractivity contribution in [2.75, 3.05) is 23.3 Å². The van der Waals surface area contributed by atoms with Gasteiger partial charge in [0.1, 0.15) is 11.6 Å². The van der Waals surface area contributed by atoms with Gasteiger partial charge >= 0.3 is 0 Å². The minimum absolute atomic E-state index is 0.398. The molecule has 212 valence electrons. The van der Waals surface area contributed by atoms with Crippen molar-refractivity contribution in [1.29, 1.82) is 0 Å². The van der Waals surface area contributed by atoms with Crippen molar-refractivity contribution in [2.45, 2.75) is 57.9 Å². The third kappa shape index (κ3) is 6.39. The Bertz CT molecular complexity index is 1490. The Balaban J connectivity index is 1.10. The molecule has 1 saturated heterocycles. The fourth-order valence-corrected chi connectivity index (χ4v) is 6.43. The van der Waals surface area contributed by atoms with Crippen LogP contribution in [0, 0.1) is 18.8 Å². The summed E-state index contributed by atoms with van der Waals surface area (Å²) in [6, 6.07) is 16.0. The smallest absolute Gasteiger partial charge is 0.248 e. The molecule has 1 aliphatic heterocycles. The second-order valence-corrected chi connectivity index (χ2v) is 11.4. The Morgan fingerprint density at radius 3 is 2.71 bits per heavy atom. The molecule has 9 heteroatoms.